The van der Waals surface area contributed by atoms with Crippen molar-refractivity contribution in [1.82, 2.24) is 24.9 Å². The van der Waals surface area contributed by atoms with Crippen molar-refractivity contribution in [3.63, 3.8) is 0 Å². The number of rotatable bonds is 3. The molecule has 6 heteroatoms. The van der Waals surface area contributed by atoms with Crippen molar-refractivity contribution in [2.24, 2.45) is 7.05 Å². The Balaban J connectivity index is 0.00000161. The number of aromatic nitrogens is 2. The summed E-state index contributed by atoms with van der Waals surface area (Å²) in [6.45, 7) is 12.5. The number of halogens is 1. The summed E-state index contributed by atoms with van der Waals surface area (Å²) >= 11 is 0. The Morgan fingerprint density at radius 3 is 2.52 bits per heavy atom. The number of piperazine rings is 1. The van der Waals surface area contributed by atoms with Gasteiger partial charge in [-0.25, -0.2) is 0 Å². The van der Waals surface area contributed by atoms with E-state index in [0.717, 1.165) is 25.7 Å². The lowest BCUT2D eigenvalue weighted by Crippen LogP contribution is -2.49. The molecule has 0 saturated carbocycles. The molecule has 0 aliphatic carbocycles. The second-order valence-electron chi connectivity index (χ2n) is 6.24. The van der Waals surface area contributed by atoms with Crippen LogP contribution in [0.15, 0.2) is 0 Å². The molecule has 1 N–H and O–H groups in total. The van der Waals surface area contributed by atoms with E-state index in [4.69, 9.17) is 0 Å². The van der Waals surface area contributed by atoms with Gasteiger partial charge in [0.1, 0.15) is 0 Å². The highest BCUT2D eigenvalue weighted by molar-refractivity contribution is 5.85. The van der Waals surface area contributed by atoms with Crippen LogP contribution in [0.4, 0.5) is 0 Å². The molecule has 1 aromatic heterocycles. The highest BCUT2D eigenvalue weighted by Gasteiger charge is 2.29. The Bertz CT molecular complexity index is 467. The second-order valence-corrected chi connectivity index (χ2v) is 6.24. The fourth-order valence-corrected chi connectivity index (χ4v) is 3.57. The summed E-state index contributed by atoms with van der Waals surface area (Å²) in [7, 11) is 2.04. The van der Waals surface area contributed by atoms with Gasteiger partial charge in [-0.2, -0.15) is 5.10 Å². The van der Waals surface area contributed by atoms with Gasteiger partial charge < -0.3 is 5.32 Å². The summed E-state index contributed by atoms with van der Waals surface area (Å²) in [5, 5.41) is 7.97. The summed E-state index contributed by atoms with van der Waals surface area (Å²) in [5.74, 6) is 0. The van der Waals surface area contributed by atoms with Gasteiger partial charge in [0.25, 0.3) is 0 Å². The normalized spacial score (nSPS) is 24.2. The largest absolute Gasteiger partial charge is 0.314 e. The van der Waals surface area contributed by atoms with Gasteiger partial charge in [0.2, 0.25) is 0 Å². The Kier molecular flexibility index (Phi) is 5.66. The predicted molar refractivity (Wildman–Crippen MR) is 88.1 cm³/mol. The lowest BCUT2D eigenvalue weighted by atomic mass is 10.2. The number of likely N-dealkylation sites (tertiary alicyclic amines) is 1. The van der Waals surface area contributed by atoms with Crippen LogP contribution in [0.2, 0.25) is 0 Å². The molecule has 2 fully saturated rings. The molecule has 21 heavy (non-hydrogen) atoms. The van der Waals surface area contributed by atoms with Crippen LogP contribution in [0.5, 0.6) is 0 Å². The van der Waals surface area contributed by atoms with E-state index in [9.17, 15) is 0 Å². The van der Waals surface area contributed by atoms with Gasteiger partial charge in [0.05, 0.1) is 5.69 Å². The summed E-state index contributed by atoms with van der Waals surface area (Å²) < 4.78 is 2.01. The van der Waals surface area contributed by atoms with Gasteiger partial charge in [-0.3, -0.25) is 14.5 Å². The average Bonchev–Trinajstić information content (AvgIpc) is 3.01. The minimum absolute atomic E-state index is 0. The Morgan fingerprint density at radius 2 is 1.90 bits per heavy atom. The summed E-state index contributed by atoms with van der Waals surface area (Å²) in [4.78, 5) is 5.27. The second kappa shape index (κ2) is 7.09. The quantitative estimate of drug-likeness (QED) is 0.901. The molecule has 5 nitrogen and oxygen atoms in total. The molecule has 1 aromatic rings. The van der Waals surface area contributed by atoms with Crippen LogP contribution < -0.4 is 5.32 Å². The fourth-order valence-electron chi connectivity index (χ4n) is 3.57. The molecule has 0 amide bonds. The molecule has 120 valence electrons. The SMILES string of the molecule is Cc1nn(C)c(C)c1CN1CCC(N2CCNCC2)C1.Cl. The average molecular weight is 314 g/mol. The molecule has 0 radical (unpaired) electrons. The molecule has 3 rings (SSSR count). The van der Waals surface area contributed by atoms with Crippen LogP contribution in [0.3, 0.4) is 0 Å². The molecule has 0 aromatic carbocycles. The number of nitrogens with one attached hydrogen (secondary N) is 1. The van der Waals surface area contributed by atoms with E-state index in [2.05, 4.69) is 34.1 Å². The standard InChI is InChI=1S/C15H27N5.ClH/c1-12-15(13(2)18(3)17-12)11-19-7-4-14(10-19)20-8-5-16-6-9-20;/h14,16H,4-11H2,1-3H3;1H. The van der Waals surface area contributed by atoms with E-state index >= 15 is 0 Å². The monoisotopic (exact) mass is 313 g/mol. The van der Waals surface area contributed by atoms with Gasteiger partial charge in [0.15, 0.2) is 0 Å². The minimum atomic E-state index is 0. The van der Waals surface area contributed by atoms with E-state index in [1.807, 2.05) is 11.7 Å². The lowest BCUT2D eigenvalue weighted by molar-refractivity contribution is 0.170. The van der Waals surface area contributed by atoms with Crippen LogP contribution in [0, 0.1) is 13.8 Å². The minimum Gasteiger partial charge on any atom is -0.314 e. The summed E-state index contributed by atoms with van der Waals surface area (Å²) in [6, 6.07) is 0.759. The van der Waals surface area contributed by atoms with E-state index < -0.39 is 0 Å². The molecular weight excluding hydrogens is 286 g/mol. The van der Waals surface area contributed by atoms with Crippen LogP contribution in [-0.2, 0) is 13.6 Å². The number of aryl methyl sites for hydroxylation is 2. The lowest BCUT2D eigenvalue weighted by Gasteiger charge is -2.32. The van der Waals surface area contributed by atoms with E-state index in [1.165, 1.54) is 49.6 Å². The molecule has 1 unspecified atom stereocenters. The Hall–Kier alpha value is -0.620. The third kappa shape index (κ3) is 3.59. The van der Waals surface area contributed by atoms with Crippen LogP contribution in [0.1, 0.15) is 23.4 Å². The highest BCUT2D eigenvalue weighted by Crippen LogP contribution is 2.21. The maximum Gasteiger partial charge on any atom is 0.0641 e. The van der Waals surface area contributed by atoms with Crippen molar-refractivity contribution in [2.45, 2.75) is 32.9 Å². The fraction of sp³-hybridized carbons (Fsp3) is 0.800. The molecule has 1 atom stereocenters. The first kappa shape index (κ1) is 16.7. The first-order valence-corrected chi connectivity index (χ1v) is 7.81. The maximum atomic E-state index is 4.53. The first-order valence-electron chi connectivity index (χ1n) is 7.81. The van der Waals surface area contributed by atoms with E-state index in [0.29, 0.717) is 0 Å². The number of hydrogen-bond donors (Lipinski definition) is 1. The molecular formula is C15H28ClN5. The zero-order valence-corrected chi connectivity index (χ0v) is 14.2. The van der Waals surface area contributed by atoms with Gasteiger partial charge >= 0.3 is 0 Å². The van der Waals surface area contributed by atoms with Gasteiger partial charge in [0, 0.05) is 70.2 Å². The Morgan fingerprint density at radius 1 is 1.19 bits per heavy atom. The molecule has 3 heterocycles. The smallest absolute Gasteiger partial charge is 0.0641 e. The summed E-state index contributed by atoms with van der Waals surface area (Å²) in [6.07, 6.45) is 1.32. The predicted octanol–water partition coefficient (Wildman–Crippen LogP) is 0.938. The zero-order chi connectivity index (χ0) is 14.1. The van der Waals surface area contributed by atoms with Gasteiger partial charge in [-0.05, 0) is 20.3 Å². The van der Waals surface area contributed by atoms with Crippen molar-refractivity contribution in [3.05, 3.63) is 17.0 Å². The van der Waals surface area contributed by atoms with Crippen LogP contribution >= 0.6 is 12.4 Å². The Labute approximate surface area is 134 Å². The van der Waals surface area contributed by atoms with E-state index in [1.54, 1.807) is 0 Å². The van der Waals surface area contributed by atoms with Crippen LogP contribution in [-0.4, -0.2) is 64.9 Å². The zero-order valence-electron chi connectivity index (χ0n) is 13.4. The molecule has 0 spiro atoms. The van der Waals surface area contributed by atoms with Gasteiger partial charge in [-0.15, -0.1) is 12.4 Å². The van der Waals surface area contributed by atoms with Crippen molar-refractivity contribution in [2.75, 3.05) is 39.3 Å². The number of hydrogen-bond acceptors (Lipinski definition) is 4. The maximum absolute atomic E-state index is 4.53. The van der Waals surface area contributed by atoms with Crippen molar-refractivity contribution < 1.29 is 0 Å². The number of nitrogens with zero attached hydrogens (tertiary/aromatic N) is 4. The molecule has 2 aliphatic heterocycles. The van der Waals surface area contributed by atoms with Crippen LogP contribution in [0.25, 0.3) is 0 Å². The third-order valence-corrected chi connectivity index (χ3v) is 4.96. The van der Waals surface area contributed by atoms with Crippen molar-refractivity contribution >= 4 is 12.4 Å². The third-order valence-electron chi connectivity index (χ3n) is 4.96. The van der Waals surface area contributed by atoms with Crippen molar-refractivity contribution in [3.8, 4) is 0 Å². The first-order chi connectivity index (χ1) is 9.65. The highest BCUT2D eigenvalue weighted by atomic mass is 35.5. The van der Waals surface area contributed by atoms with E-state index in [-0.39, 0.29) is 12.4 Å². The molecule has 2 aliphatic rings. The molecule has 0 bridgehead atoms. The van der Waals surface area contributed by atoms with Crippen molar-refractivity contribution in [1.29, 1.82) is 0 Å². The van der Waals surface area contributed by atoms with Gasteiger partial charge in [-0.1, -0.05) is 0 Å². The molecule has 2 saturated heterocycles. The summed E-state index contributed by atoms with van der Waals surface area (Å²) in [5.41, 5.74) is 3.93. The topological polar surface area (TPSA) is 36.3 Å².